The van der Waals surface area contributed by atoms with E-state index in [1.807, 2.05) is 35.2 Å². The van der Waals surface area contributed by atoms with Crippen molar-refractivity contribution >= 4 is 32.6 Å². The monoisotopic (exact) mass is 409 g/mol. The van der Waals surface area contributed by atoms with Gasteiger partial charge in [0.2, 0.25) is 5.91 Å². The predicted molar refractivity (Wildman–Crippen MR) is 119 cm³/mol. The first kappa shape index (κ1) is 20.0. The Bertz CT molecular complexity index is 941. The van der Waals surface area contributed by atoms with Gasteiger partial charge in [-0.15, -0.1) is 0 Å². The number of nitrogens with zero attached hydrogens (tertiary/aromatic N) is 3. The average Bonchev–Trinajstić information content (AvgIpc) is 3.19. The van der Waals surface area contributed by atoms with Crippen molar-refractivity contribution in [2.75, 3.05) is 44.3 Å². The Morgan fingerprint density at radius 3 is 2.55 bits per heavy atom. The summed E-state index contributed by atoms with van der Waals surface area (Å²) < 4.78 is 6.62. The molecule has 5 nitrogen and oxygen atoms in total. The second-order valence-corrected chi connectivity index (χ2v) is 8.51. The molecule has 6 heteroatoms. The first-order chi connectivity index (χ1) is 14.1. The number of morpholine rings is 1. The molecule has 0 aliphatic carbocycles. The van der Waals surface area contributed by atoms with Crippen molar-refractivity contribution in [3.05, 3.63) is 59.2 Å². The minimum absolute atomic E-state index is 0.0961. The Kier molecular flexibility index (Phi) is 6.23. The van der Waals surface area contributed by atoms with E-state index >= 15 is 0 Å². The van der Waals surface area contributed by atoms with Crippen LogP contribution in [-0.2, 0) is 16.0 Å². The summed E-state index contributed by atoms with van der Waals surface area (Å²) in [5.41, 5.74) is 4.39. The lowest BCUT2D eigenvalue weighted by atomic mass is 10.1. The van der Waals surface area contributed by atoms with Gasteiger partial charge in [-0.1, -0.05) is 53.8 Å². The molecule has 1 fully saturated rings. The molecule has 4 rings (SSSR count). The number of amides is 1. The highest BCUT2D eigenvalue weighted by molar-refractivity contribution is 7.22. The summed E-state index contributed by atoms with van der Waals surface area (Å²) in [4.78, 5) is 22.4. The summed E-state index contributed by atoms with van der Waals surface area (Å²) in [5.74, 6) is 0.0961. The summed E-state index contributed by atoms with van der Waals surface area (Å²) in [5, 5.41) is 0.798. The molecule has 1 aliphatic rings. The molecule has 0 unspecified atom stereocenters. The molecular weight excluding hydrogens is 382 g/mol. The van der Waals surface area contributed by atoms with Gasteiger partial charge in [-0.2, -0.15) is 0 Å². The number of ether oxygens (including phenoxy) is 1. The zero-order valence-corrected chi connectivity index (χ0v) is 17.9. The molecule has 2 aromatic carbocycles. The first-order valence-electron chi connectivity index (χ1n) is 10.1. The highest BCUT2D eigenvalue weighted by Crippen LogP contribution is 2.33. The van der Waals surface area contributed by atoms with E-state index < -0.39 is 0 Å². The molecule has 152 valence electrons. The number of aryl methyl sites for hydroxylation is 2. The summed E-state index contributed by atoms with van der Waals surface area (Å²) in [6, 6.07) is 14.2. The Balaban J connectivity index is 1.61. The molecule has 0 spiro atoms. The number of benzene rings is 2. The maximum Gasteiger partial charge on any atom is 0.233 e. The topological polar surface area (TPSA) is 45.7 Å². The zero-order valence-electron chi connectivity index (χ0n) is 17.1. The molecule has 0 N–H and O–H groups in total. The molecule has 29 heavy (non-hydrogen) atoms. The fraction of sp³-hybridized carbons (Fsp3) is 0.391. The van der Waals surface area contributed by atoms with Gasteiger partial charge in [0.05, 0.1) is 29.9 Å². The van der Waals surface area contributed by atoms with Crippen LogP contribution in [0.5, 0.6) is 0 Å². The lowest BCUT2D eigenvalue weighted by Gasteiger charge is -2.29. The van der Waals surface area contributed by atoms with E-state index in [9.17, 15) is 4.79 Å². The van der Waals surface area contributed by atoms with E-state index in [0.29, 0.717) is 13.0 Å². The van der Waals surface area contributed by atoms with Gasteiger partial charge in [-0.25, -0.2) is 4.98 Å². The number of thiazole rings is 1. The van der Waals surface area contributed by atoms with Crippen LogP contribution in [-0.4, -0.2) is 55.2 Å². The smallest absolute Gasteiger partial charge is 0.233 e. The fourth-order valence-electron chi connectivity index (χ4n) is 3.62. The molecule has 1 amide bonds. The predicted octanol–water partition coefficient (Wildman–Crippen LogP) is 3.82. The quantitative estimate of drug-likeness (QED) is 0.621. The van der Waals surface area contributed by atoms with Gasteiger partial charge in [-0.3, -0.25) is 14.6 Å². The Labute approximate surface area is 175 Å². The SMILES string of the molecule is Cc1ccc(C)c2sc(N(CCN3CCOCC3)C(=O)Cc3ccccc3)nc12. The highest BCUT2D eigenvalue weighted by Gasteiger charge is 2.22. The second kappa shape index (κ2) is 9.03. The molecule has 1 saturated heterocycles. The fourth-order valence-corrected chi connectivity index (χ4v) is 4.78. The van der Waals surface area contributed by atoms with Crippen LogP contribution in [0.2, 0.25) is 0 Å². The molecule has 2 heterocycles. The standard InChI is InChI=1S/C23H27N3O2S/c1-17-8-9-18(2)22-21(17)24-23(29-22)26(11-10-25-12-14-28-15-13-25)20(27)16-19-6-4-3-5-7-19/h3-9H,10-16H2,1-2H3. The van der Waals surface area contributed by atoms with E-state index in [2.05, 4.69) is 30.9 Å². The Hall–Kier alpha value is -2.28. The third-order valence-electron chi connectivity index (χ3n) is 5.40. The summed E-state index contributed by atoms with van der Waals surface area (Å²) in [7, 11) is 0. The lowest BCUT2D eigenvalue weighted by Crippen LogP contribution is -2.43. The highest BCUT2D eigenvalue weighted by atomic mass is 32.1. The number of aromatic nitrogens is 1. The lowest BCUT2D eigenvalue weighted by molar-refractivity contribution is -0.118. The van der Waals surface area contributed by atoms with Gasteiger partial charge in [0.1, 0.15) is 0 Å². The molecule has 0 radical (unpaired) electrons. The van der Waals surface area contributed by atoms with Crippen LogP contribution in [0.4, 0.5) is 5.13 Å². The van der Waals surface area contributed by atoms with Crippen LogP contribution < -0.4 is 4.90 Å². The Morgan fingerprint density at radius 1 is 1.10 bits per heavy atom. The zero-order chi connectivity index (χ0) is 20.2. The van der Waals surface area contributed by atoms with Gasteiger partial charge >= 0.3 is 0 Å². The van der Waals surface area contributed by atoms with Crippen LogP contribution in [0, 0.1) is 13.8 Å². The Morgan fingerprint density at radius 2 is 1.83 bits per heavy atom. The van der Waals surface area contributed by atoms with Crippen molar-refractivity contribution in [2.45, 2.75) is 20.3 Å². The van der Waals surface area contributed by atoms with Gasteiger partial charge in [-0.05, 0) is 30.5 Å². The number of hydrogen-bond donors (Lipinski definition) is 0. The maximum absolute atomic E-state index is 13.3. The maximum atomic E-state index is 13.3. The number of fused-ring (bicyclic) bond motifs is 1. The third-order valence-corrected chi connectivity index (χ3v) is 6.62. The van der Waals surface area contributed by atoms with E-state index in [-0.39, 0.29) is 5.91 Å². The average molecular weight is 410 g/mol. The van der Waals surface area contributed by atoms with Crippen LogP contribution in [0.3, 0.4) is 0 Å². The van der Waals surface area contributed by atoms with E-state index in [0.717, 1.165) is 54.6 Å². The number of hydrogen-bond acceptors (Lipinski definition) is 5. The summed E-state index contributed by atoms with van der Waals surface area (Å²) in [6.07, 6.45) is 0.387. The molecule has 0 bridgehead atoms. The normalized spacial score (nSPS) is 15.0. The summed E-state index contributed by atoms with van der Waals surface area (Å²) in [6.45, 7) is 9.01. The molecule has 1 aliphatic heterocycles. The second-order valence-electron chi connectivity index (χ2n) is 7.54. The number of anilines is 1. The van der Waals surface area contributed by atoms with Gasteiger partial charge in [0, 0.05) is 26.2 Å². The summed E-state index contributed by atoms with van der Waals surface area (Å²) >= 11 is 1.62. The number of carbonyl (C=O) groups is 1. The third kappa shape index (κ3) is 4.66. The number of rotatable bonds is 6. The van der Waals surface area contributed by atoms with Crippen molar-refractivity contribution in [1.82, 2.24) is 9.88 Å². The van der Waals surface area contributed by atoms with Crippen molar-refractivity contribution in [2.24, 2.45) is 0 Å². The van der Waals surface area contributed by atoms with E-state index in [1.54, 1.807) is 11.3 Å². The van der Waals surface area contributed by atoms with Crippen LogP contribution in [0.15, 0.2) is 42.5 Å². The molecule has 0 atom stereocenters. The van der Waals surface area contributed by atoms with Crippen LogP contribution >= 0.6 is 11.3 Å². The van der Waals surface area contributed by atoms with Crippen LogP contribution in [0.25, 0.3) is 10.2 Å². The van der Waals surface area contributed by atoms with Gasteiger partial charge < -0.3 is 4.74 Å². The van der Waals surface area contributed by atoms with Crippen molar-refractivity contribution < 1.29 is 9.53 Å². The van der Waals surface area contributed by atoms with Gasteiger partial charge in [0.25, 0.3) is 0 Å². The molecule has 1 aromatic heterocycles. The van der Waals surface area contributed by atoms with E-state index in [1.165, 1.54) is 10.3 Å². The number of carbonyl (C=O) groups excluding carboxylic acids is 1. The van der Waals surface area contributed by atoms with Crippen LogP contribution in [0.1, 0.15) is 16.7 Å². The first-order valence-corrected chi connectivity index (χ1v) is 10.9. The van der Waals surface area contributed by atoms with Gasteiger partial charge in [0.15, 0.2) is 5.13 Å². The molecule has 0 saturated carbocycles. The van der Waals surface area contributed by atoms with E-state index in [4.69, 9.17) is 9.72 Å². The van der Waals surface area contributed by atoms with Crippen molar-refractivity contribution in [3.8, 4) is 0 Å². The minimum atomic E-state index is 0.0961. The molecular formula is C23H27N3O2S. The van der Waals surface area contributed by atoms with Crippen molar-refractivity contribution in [3.63, 3.8) is 0 Å². The van der Waals surface area contributed by atoms with Crippen molar-refractivity contribution in [1.29, 1.82) is 0 Å². The molecule has 3 aromatic rings. The largest absolute Gasteiger partial charge is 0.379 e. The minimum Gasteiger partial charge on any atom is -0.379 e.